The third-order valence-corrected chi connectivity index (χ3v) is 2.92. The van der Waals surface area contributed by atoms with Crippen LogP contribution in [0.5, 0.6) is 0 Å². The number of allylic oxidation sites excluding steroid dienone is 2. The molecule has 0 aliphatic carbocycles. The first kappa shape index (κ1) is 14.5. The number of hydrogen-bond donors (Lipinski definition) is 0. The predicted molar refractivity (Wildman–Crippen MR) is 81.5 cm³/mol. The molecule has 0 saturated carbocycles. The summed E-state index contributed by atoms with van der Waals surface area (Å²) in [5.74, 6) is 0. The van der Waals surface area contributed by atoms with Gasteiger partial charge in [-0.1, -0.05) is 55.8 Å². The van der Waals surface area contributed by atoms with E-state index in [1.807, 2.05) is 6.07 Å². The van der Waals surface area contributed by atoms with Gasteiger partial charge in [0.2, 0.25) is 0 Å². The molecule has 0 amide bonds. The van der Waals surface area contributed by atoms with Crippen LogP contribution >= 0.6 is 0 Å². The maximum Gasteiger partial charge on any atom is -0.00194 e. The van der Waals surface area contributed by atoms with Crippen LogP contribution in [0.2, 0.25) is 0 Å². The van der Waals surface area contributed by atoms with Crippen molar-refractivity contribution in [1.82, 2.24) is 0 Å². The van der Waals surface area contributed by atoms with Crippen LogP contribution in [-0.4, -0.2) is 0 Å². The first-order chi connectivity index (χ1) is 8.63. The predicted octanol–water partition coefficient (Wildman–Crippen LogP) is 5.77. The molecule has 1 aromatic rings. The minimum absolute atomic E-state index is 0.976. The van der Waals surface area contributed by atoms with E-state index in [2.05, 4.69) is 57.3 Å². The monoisotopic (exact) mass is 240 g/mol. The summed E-state index contributed by atoms with van der Waals surface area (Å²) in [7, 11) is 0. The average Bonchev–Trinajstić information content (AvgIpc) is 2.36. The summed E-state index contributed by atoms with van der Waals surface area (Å²) in [5.41, 5.74) is 8.65. The first-order valence-corrected chi connectivity index (χ1v) is 6.78. The van der Waals surface area contributed by atoms with Gasteiger partial charge in [0.05, 0.1) is 0 Å². The van der Waals surface area contributed by atoms with Crippen molar-refractivity contribution in [3.8, 4) is 0 Å². The molecule has 18 heavy (non-hydrogen) atoms. The van der Waals surface area contributed by atoms with Gasteiger partial charge in [-0.2, -0.15) is 0 Å². The van der Waals surface area contributed by atoms with Gasteiger partial charge < -0.3 is 0 Å². The number of hydrogen-bond acceptors (Lipinski definition) is 0. The molecule has 1 rings (SSSR count). The lowest BCUT2D eigenvalue weighted by molar-refractivity contribution is 0.772. The standard InChI is InChI=1S/C18H24/c1-5-6-10-17(13-15(2)3)14-16(4)18-11-8-7-9-12-18/h7-9,11-12H,2,5-6,10,13H2,1,3-4H3. The van der Waals surface area contributed by atoms with E-state index in [0.717, 1.165) is 12.8 Å². The molecule has 96 valence electrons. The van der Waals surface area contributed by atoms with Crippen LogP contribution in [-0.2, 0) is 0 Å². The molecule has 0 radical (unpaired) electrons. The van der Waals surface area contributed by atoms with Crippen LogP contribution in [0.3, 0.4) is 0 Å². The molecule has 0 atom stereocenters. The lowest BCUT2D eigenvalue weighted by atomic mass is 10.00. The Kier molecular flexibility index (Phi) is 6.25. The Bertz CT molecular complexity index is 442. The second-order valence-corrected chi connectivity index (χ2v) is 4.96. The van der Waals surface area contributed by atoms with Gasteiger partial charge in [-0.05, 0) is 49.8 Å². The molecule has 0 fully saturated rings. The fourth-order valence-corrected chi connectivity index (χ4v) is 1.98. The molecule has 0 aliphatic heterocycles. The third-order valence-electron chi connectivity index (χ3n) is 2.92. The third kappa shape index (κ3) is 5.21. The Labute approximate surface area is 112 Å². The summed E-state index contributed by atoms with van der Waals surface area (Å²) in [6, 6.07) is 10.5. The van der Waals surface area contributed by atoms with Crippen molar-refractivity contribution < 1.29 is 0 Å². The van der Waals surface area contributed by atoms with Gasteiger partial charge in [0, 0.05) is 0 Å². The Morgan fingerprint density at radius 1 is 1.17 bits per heavy atom. The zero-order valence-corrected chi connectivity index (χ0v) is 11.9. The highest BCUT2D eigenvalue weighted by Crippen LogP contribution is 2.18. The lowest BCUT2D eigenvalue weighted by Crippen LogP contribution is -1.85. The Morgan fingerprint density at radius 3 is 2.39 bits per heavy atom. The first-order valence-electron chi connectivity index (χ1n) is 6.78. The highest BCUT2D eigenvalue weighted by Gasteiger charge is 1.99. The van der Waals surface area contributed by atoms with Gasteiger partial charge in [0.25, 0.3) is 0 Å². The smallest absolute Gasteiger partial charge is 0.00194 e. The Morgan fingerprint density at radius 2 is 1.83 bits per heavy atom. The minimum Gasteiger partial charge on any atom is -0.118 e. The average molecular weight is 240 g/mol. The van der Waals surface area contributed by atoms with Gasteiger partial charge >= 0.3 is 0 Å². The molecular formula is C18H24. The van der Waals surface area contributed by atoms with Crippen molar-refractivity contribution in [3.63, 3.8) is 0 Å². The van der Waals surface area contributed by atoms with Crippen LogP contribution in [0.4, 0.5) is 0 Å². The topological polar surface area (TPSA) is 0 Å². The Hall–Kier alpha value is -1.52. The van der Waals surface area contributed by atoms with Crippen molar-refractivity contribution in [2.24, 2.45) is 0 Å². The number of benzene rings is 1. The van der Waals surface area contributed by atoms with Crippen LogP contribution in [0.1, 0.15) is 52.0 Å². The fraction of sp³-hybridized carbons (Fsp3) is 0.389. The van der Waals surface area contributed by atoms with Crippen molar-refractivity contribution >= 4 is 5.57 Å². The van der Waals surface area contributed by atoms with Gasteiger partial charge in [-0.15, -0.1) is 5.73 Å². The Balaban J connectivity index is 3.00. The van der Waals surface area contributed by atoms with E-state index < -0.39 is 0 Å². The molecule has 0 aromatic heterocycles. The lowest BCUT2D eigenvalue weighted by Gasteiger charge is -2.05. The minimum atomic E-state index is 0.976. The van der Waals surface area contributed by atoms with Crippen molar-refractivity contribution in [2.45, 2.75) is 46.5 Å². The highest BCUT2D eigenvalue weighted by molar-refractivity contribution is 5.63. The molecule has 0 N–H and O–H groups in total. The van der Waals surface area contributed by atoms with E-state index in [1.54, 1.807) is 0 Å². The maximum atomic E-state index is 4.01. The SMILES string of the molecule is C=C(C)CC(=C=C(C)c1ccccc1)CCCC. The molecule has 0 bridgehead atoms. The van der Waals surface area contributed by atoms with Crippen LogP contribution in [0.15, 0.2) is 53.8 Å². The van der Waals surface area contributed by atoms with Crippen molar-refractivity contribution in [3.05, 3.63) is 59.4 Å². The molecule has 0 unspecified atom stereocenters. The zero-order chi connectivity index (χ0) is 13.4. The largest absolute Gasteiger partial charge is 0.118 e. The van der Waals surface area contributed by atoms with E-state index in [0.29, 0.717) is 0 Å². The van der Waals surface area contributed by atoms with Gasteiger partial charge in [0.15, 0.2) is 0 Å². The molecule has 0 aliphatic rings. The van der Waals surface area contributed by atoms with Crippen LogP contribution < -0.4 is 0 Å². The summed E-state index contributed by atoms with van der Waals surface area (Å²) < 4.78 is 0. The van der Waals surface area contributed by atoms with E-state index in [1.165, 1.54) is 35.1 Å². The molecule has 0 nitrogen and oxygen atoms in total. The van der Waals surface area contributed by atoms with Gasteiger partial charge in [0.1, 0.15) is 0 Å². The highest BCUT2D eigenvalue weighted by atomic mass is 14.0. The quantitative estimate of drug-likeness (QED) is 0.437. The second kappa shape index (κ2) is 7.74. The maximum absolute atomic E-state index is 4.01. The summed E-state index contributed by atoms with van der Waals surface area (Å²) in [5, 5.41) is 0. The van der Waals surface area contributed by atoms with E-state index in [9.17, 15) is 0 Å². The summed E-state index contributed by atoms with van der Waals surface area (Å²) in [6.07, 6.45) is 4.57. The number of rotatable bonds is 6. The van der Waals surface area contributed by atoms with Crippen molar-refractivity contribution in [2.75, 3.05) is 0 Å². The number of unbranched alkanes of at least 4 members (excludes halogenated alkanes) is 1. The van der Waals surface area contributed by atoms with Gasteiger partial charge in [-0.3, -0.25) is 0 Å². The molecule has 0 heterocycles. The van der Waals surface area contributed by atoms with Crippen molar-refractivity contribution in [1.29, 1.82) is 0 Å². The molecule has 0 spiro atoms. The molecule has 0 heteroatoms. The van der Waals surface area contributed by atoms with E-state index >= 15 is 0 Å². The van der Waals surface area contributed by atoms with Crippen LogP contribution in [0.25, 0.3) is 5.57 Å². The van der Waals surface area contributed by atoms with E-state index in [4.69, 9.17) is 0 Å². The molecular weight excluding hydrogens is 216 g/mol. The second-order valence-electron chi connectivity index (χ2n) is 4.96. The molecule has 0 saturated heterocycles. The zero-order valence-electron chi connectivity index (χ0n) is 11.9. The molecule has 1 aromatic carbocycles. The summed E-state index contributed by atoms with van der Waals surface area (Å²) in [4.78, 5) is 0. The van der Waals surface area contributed by atoms with E-state index in [-0.39, 0.29) is 0 Å². The fourth-order valence-electron chi connectivity index (χ4n) is 1.98. The normalized spacial score (nSPS) is 9.72. The van der Waals surface area contributed by atoms with Crippen LogP contribution in [0, 0.1) is 0 Å². The van der Waals surface area contributed by atoms with Gasteiger partial charge in [-0.25, -0.2) is 0 Å². The summed E-state index contributed by atoms with van der Waals surface area (Å²) in [6.45, 7) is 10.5. The summed E-state index contributed by atoms with van der Waals surface area (Å²) >= 11 is 0.